The first-order chi connectivity index (χ1) is 8.25. The molecule has 0 aromatic rings. The summed E-state index contributed by atoms with van der Waals surface area (Å²) in [7, 11) is 0. The number of ether oxygens (including phenoxy) is 1. The van der Waals surface area contributed by atoms with Crippen LogP contribution in [0.5, 0.6) is 0 Å². The molecule has 2 unspecified atom stereocenters. The third-order valence-electron chi connectivity index (χ3n) is 3.16. The molecule has 6 heteroatoms. The van der Waals surface area contributed by atoms with Crippen molar-refractivity contribution in [2.75, 3.05) is 32.8 Å². The lowest BCUT2D eigenvalue weighted by Gasteiger charge is -2.26. The van der Waals surface area contributed by atoms with Crippen LogP contribution >= 0.6 is 0 Å². The predicted octanol–water partition coefficient (Wildman–Crippen LogP) is -1.38. The van der Waals surface area contributed by atoms with Crippen LogP contribution in [-0.2, 0) is 14.3 Å². The second-order valence-corrected chi connectivity index (χ2v) is 4.51. The van der Waals surface area contributed by atoms with Crippen molar-refractivity contribution in [1.82, 2.24) is 16.0 Å². The lowest BCUT2D eigenvalue weighted by atomic mass is 9.98. The Morgan fingerprint density at radius 2 is 2.41 bits per heavy atom. The molecule has 2 fully saturated rings. The molecule has 0 aliphatic carbocycles. The van der Waals surface area contributed by atoms with Gasteiger partial charge in [-0.25, -0.2) is 0 Å². The molecule has 0 radical (unpaired) electrons. The van der Waals surface area contributed by atoms with Gasteiger partial charge in [-0.1, -0.05) is 0 Å². The van der Waals surface area contributed by atoms with Crippen LogP contribution in [0.2, 0.25) is 0 Å². The molecule has 2 aliphatic heterocycles. The normalized spacial score (nSPS) is 29.5. The third-order valence-corrected chi connectivity index (χ3v) is 3.16. The molecule has 0 saturated carbocycles. The molecule has 2 rings (SSSR count). The summed E-state index contributed by atoms with van der Waals surface area (Å²) in [6, 6.07) is 0.200. The summed E-state index contributed by atoms with van der Waals surface area (Å²) < 4.78 is 5.30. The van der Waals surface area contributed by atoms with Crippen molar-refractivity contribution in [3.05, 3.63) is 0 Å². The average Bonchev–Trinajstić information content (AvgIpc) is 2.38. The summed E-state index contributed by atoms with van der Waals surface area (Å²) in [5, 5.41) is 8.89. The minimum atomic E-state index is -0.0859. The lowest BCUT2D eigenvalue weighted by Crippen LogP contribution is -2.50. The molecule has 2 atom stereocenters. The van der Waals surface area contributed by atoms with Crippen molar-refractivity contribution >= 4 is 11.8 Å². The van der Waals surface area contributed by atoms with Crippen LogP contribution in [0, 0.1) is 5.92 Å². The van der Waals surface area contributed by atoms with Gasteiger partial charge < -0.3 is 20.7 Å². The third kappa shape index (κ3) is 3.67. The highest BCUT2D eigenvalue weighted by molar-refractivity contribution is 5.83. The molecule has 6 nitrogen and oxygen atoms in total. The van der Waals surface area contributed by atoms with E-state index < -0.39 is 0 Å². The largest absolute Gasteiger partial charge is 0.378 e. The van der Waals surface area contributed by atoms with E-state index in [0.717, 1.165) is 13.2 Å². The van der Waals surface area contributed by atoms with Gasteiger partial charge in [-0.15, -0.1) is 0 Å². The smallest absolute Gasteiger partial charge is 0.224 e. The number of rotatable bonds is 3. The van der Waals surface area contributed by atoms with Crippen LogP contribution in [0.25, 0.3) is 0 Å². The Kier molecular flexibility index (Phi) is 4.33. The first kappa shape index (κ1) is 12.3. The van der Waals surface area contributed by atoms with Crippen molar-refractivity contribution in [3.63, 3.8) is 0 Å². The van der Waals surface area contributed by atoms with Gasteiger partial charge in [-0.3, -0.25) is 9.59 Å². The van der Waals surface area contributed by atoms with Crippen molar-refractivity contribution in [3.8, 4) is 0 Å². The van der Waals surface area contributed by atoms with Gasteiger partial charge in [0, 0.05) is 32.1 Å². The second kappa shape index (κ2) is 5.97. The molecule has 3 N–H and O–H groups in total. The highest BCUT2D eigenvalue weighted by atomic mass is 16.5. The summed E-state index contributed by atoms with van der Waals surface area (Å²) in [6.07, 6.45) is 1.09. The van der Waals surface area contributed by atoms with Crippen LogP contribution in [-0.4, -0.2) is 50.7 Å². The van der Waals surface area contributed by atoms with Gasteiger partial charge in [-0.2, -0.15) is 0 Å². The number of amides is 2. The Bertz CT molecular complexity index is 280. The Balaban J connectivity index is 1.67. The fourth-order valence-corrected chi connectivity index (χ4v) is 2.08. The fourth-order valence-electron chi connectivity index (χ4n) is 2.08. The quantitative estimate of drug-likeness (QED) is 0.569. The van der Waals surface area contributed by atoms with Crippen LogP contribution in [0.15, 0.2) is 0 Å². The van der Waals surface area contributed by atoms with Crippen LogP contribution in [0.3, 0.4) is 0 Å². The zero-order valence-electron chi connectivity index (χ0n) is 9.83. The molecule has 2 aliphatic rings. The summed E-state index contributed by atoms with van der Waals surface area (Å²) >= 11 is 0. The maximum absolute atomic E-state index is 11.8. The SMILES string of the molecule is O=C1CCC(C(=O)NCC2COCCN2)CN1. The molecule has 17 heavy (non-hydrogen) atoms. The number of hydrogen-bond acceptors (Lipinski definition) is 4. The van der Waals surface area contributed by atoms with Crippen LogP contribution in [0.1, 0.15) is 12.8 Å². The van der Waals surface area contributed by atoms with E-state index in [9.17, 15) is 9.59 Å². The Labute approximate surface area is 100 Å². The highest BCUT2D eigenvalue weighted by Crippen LogP contribution is 2.10. The van der Waals surface area contributed by atoms with Crippen molar-refractivity contribution in [2.24, 2.45) is 5.92 Å². The number of nitrogens with one attached hydrogen (secondary N) is 3. The van der Waals surface area contributed by atoms with Gasteiger partial charge in [0.25, 0.3) is 0 Å². The van der Waals surface area contributed by atoms with E-state index in [0.29, 0.717) is 32.5 Å². The van der Waals surface area contributed by atoms with Gasteiger partial charge in [0.05, 0.1) is 19.1 Å². The average molecular weight is 241 g/mol. The maximum Gasteiger partial charge on any atom is 0.224 e. The van der Waals surface area contributed by atoms with E-state index in [1.165, 1.54) is 0 Å². The van der Waals surface area contributed by atoms with Crippen LogP contribution in [0.4, 0.5) is 0 Å². The number of piperidine rings is 1. The van der Waals surface area contributed by atoms with E-state index in [1.54, 1.807) is 0 Å². The zero-order chi connectivity index (χ0) is 12.1. The topological polar surface area (TPSA) is 79.5 Å². The molecule has 0 bridgehead atoms. The van der Waals surface area contributed by atoms with Gasteiger partial charge in [0.2, 0.25) is 11.8 Å². The summed E-state index contributed by atoms with van der Waals surface area (Å²) in [5.74, 6) is -0.0222. The maximum atomic E-state index is 11.8. The van der Waals surface area contributed by atoms with E-state index in [-0.39, 0.29) is 23.8 Å². The summed E-state index contributed by atoms with van der Waals surface area (Å²) in [5.41, 5.74) is 0. The molecule has 96 valence electrons. The first-order valence-electron chi connectivity index (χ1n) is 6.11. The fraction of sp³-hybridized carbons (Fsp3) is 0.818. The Morgan fingerprint density at radius 1 is 1.53 bits per heavy atom. The predicted molar refractivity (Wildman–Crippen MR) is 61.4 cm³/mol. The van der Waals surface area contributed by atoms with Crippen molar-refractivity contribution < 1.29 is 14.3 Å². The molecule has 2 amide bonds. The van der Waals surface area contributed by atoms with Crippen LogP contribution < -0.4 is 16.0 Å². The number of morpholine rings is 1. The highest BCUT2D eigenvalue weighted by Gasteiger charge is 2.24. The van der Waals surface area contributed by atoms with E-state index in [1.807, 2.05) is 0 Å². The minimum Gasteiger partial charge on any atom is -0.378 e. The molecular formula is C11H19N3O3. The standard InChI is InChI=1S/C11H19N3O3/c15-10-2-1-8(5-13-10)11(16)14-6-9-7-17-4-3-12-9/h8-9,12H,1-7H2,(H,13,15)(H,14,16). The second-order valence-electron chi connectivity index (χ2n) is 4.51. The number of carbonyl (C=O) groups is 2. The Hall–Kier alpha value is -1.14. The molecule has 0 spiro atoms. The zero-order valence-corrected chi connectivity index (χ0v) is 9.83. The lowest BCUT2D eigenvalue weighted by molar-refractivity contribution is -0.129. The summed E-state index contributed by atoms with van der Waals surface area (Å²) in [4.78, 5) is 22.8. The van der Waals surface area contributed by atoms with Gasteiger partial charge >= 0.3 is 0 Å². The van der Waals surface area contributed by atoms with Crippen molar-refractivity contribution in [1.29, 1.82) is 0 Å². The first-order valence-corrected chi connectivity index (χ1v) is 6.11. The molecular weight excluding hydrogens is 222 g/mol. The van der Waals surface area contributed by atoms with E-state index in [4.69, 9.17) is 4.74 Å². The minimum absolute atomic E-state index is 0.0253. The van der Waals surface area contributed by atoms with E-state index >= 15 is 0 Å². The van der Waals surface area contributed by atoms with Gasteiger partial charge in [0.1, 0.15) is 0 Å². The monoisotopic (exact) mass is 241 g/mol. The molecule has 0 aromatic carbocycles. The van der Waals surface area contributed by atoms with Crippen molar-refractivity contribution in [2.45, 2.75) is 18.9 Å². The molecule has 0 aromatic heterocycles. The molecule has 2 saturated heterocycles. The van der Waals surface area contributed by atoms with Gasteiger partial charge in [0.15, 0.2) is 0 Å². The van der Waals surface area contributed by atoms with Gasteiger partial charge in [-0.05, 0) is 6.42 Å². The molecule has 2 heterocycles. The number of carbonyl (C=O) groups excluding carboxylic acids is 2. The summed E-state index contributed by atoms with van der Waals surface area (Å²) in [6.45, 7) is 3.25. The van der Waals surface area contributed by atoms with E-state index in [2.05, 4.69) is 16.0 Å². The Morgan fingerprint density at radius 3 is 3.06 bits per heavy atom. The number of hydrogen-bond donors (Lipinski definition) is 3.